The van der Waals surface area contributed by atoms with Crippen LogP contribution < -0.4 is 0 Å². The Morgan fingerprint density at radius 3 is 2.67 bits per heavy atom. The van der Waals surface area contributed by atoms with E-state index in [1.54, 1.807) is 14.2 Å². The lowest BCUT2D eigenvalue weighted by Gasteiger charge is -2.13. The van der Waals surface area contributed by atoms with Gasteiger partial charge in [-0.2, -0.15) is 0 Å². The van der Waals surface area contributed by atoms with Crippen molar-refractivity contribution in [3.8, 4) is 0 Å². The molecule has 0 aliphatic carbocycles. The molecule has 1 unspecified atom stereocenters. The van der Waals surface area contributed by atoms with Crippen LogP contribution in [0.2, 0.25) is 0 Å². The number of allylic oxidation sites excluding steroid dienone is 1. The second kappa shape index (κ2) is 7.13. The first kappa shape index (κ1) is 12.9. The van der Waals surface area contributed by atoms with Gasteiger partial charge in [-0.3, -0.25) is 0 Å². The zero-order valence-electron chi connectivity index (χ0n) is 9.53. The predicted octanol–water partition coefficient (Wildman–Crippen LogP) is 0.791. The van der Waals surface area contributed by atoms with Gasteiger partial charge in [-0.15, -0.1) is 0 Å². The van der Waals surface area contributed by atoms with Crippen LogP contribution in [0.4, 0.5) is 0 Å². The molecule has 1 atom stereocenters. The van der Waals surface area contributed by atoms with E-state index in [-0.39, 0.29) is 0 Å². The fraction of sp³-hybridized carbons (Fsp3) is 0.800. The molecule has 1 saturated heterocycles. The van der Waals surface area contributed by atoms with Gasteiger partial charge in [0.05, 0.1) is 13.2 Å². The molecule has 0 spiro atoms. The lowest BCUT2D eigenvalue weighted by molar-refractivity contribution is 0.114. The van der Waals surface area contributed by atoms with E-state index in [9.17, 15) is 0 Å². The van der Waals surface area contributed by atoms with Crippen molar-refractivity contribution in [2.24, 2.45) is 0 Å². The summed E-state index contributed by atoms with van der Waals surface area (Å²) in [6, 6.07) is 0. The standard InChI is InChI=1S/C10H20O4Si/c1-9(15(11-2)12-3)5-4-6-13-7-10-8-14-10/h10,15H,1,4-8H2,2-3H3. The Balaban J connectivity index is 1.94. The van der Waals surface area contributed by atoms with Gasteiger partial charge in [0.15, 0.2) is 0 Å². The van der Waals surface area contributed by atoms with Crippen molar-refractivity contribution in [1.29, 1.82) is 0 Å². The number of rotatable bonds is 9. The molecule has 15 heavy (non-hydrogen) atoms. The lowest BCUT2D eigenvalue weighted by atomic mass is 10.3. The minimum atomic E-state index is -1.62. The maximum absolute atomic E-state index is 5.42. The van der Waals surface area contributed by atoms with Crippen molar-refractivity contribution < 1.29 is 18.3 Å². The zero-order chi connectivity index (χ0) is 11.1. The molecule has 0 saturated carbocycles. The summed E-state index contributed by atoms with van der Waals surface area (Å²) in [5.74, 6) is 0. The summed E-state index contributed by atoms with van der Waals surface area (Å²) in [4.78, 5) is 0. The van der Waals surface area contributed by atoms with E-state index in [0.717, 1.165) is 37.9 Å². The SMILES string of the molecule is C=C(CCCOCC1CO1)[SiH](OC)OC. The molecule has 0 aromatic rings. The largest absolute Gasteiger partial charge is 0.397 e. The van der Waals surface area contributed by atoms with Crippen molar-refractivity contribution in [2.75, 3.05) is 34.0 Å². The molecule has 1 rings (SSSR count). The first-order valence-corrected chi connectivity index (χ1v) is 6.72. The van der Waals surface area contributed by atoms with E-state index in [2.05, 4.69) is 6.58 Å². The Bertz CT molecular complexity index is 190. The molecule has 1 heterocycles. The fourth-order valence-corrected chi connectivity index (χ4v) is 2.63. The molecule has 0 aromatic heterocycles. The smallest absolute Gasteiger partial charge is 0.350 e. The summed E-state index contributed by atoms with van der Waals surface area (Å²) in [5, 5.41) is 1.09. The zero-order valence-corrected chi connectivity index (χ0v) is 10.7. The lowest BCUT2D eigenvalue weighted by Crippen LogP contribution is -2.22. The number of epoxide rings is 1. The molecule has 0 aromatic carbocycles. The molecule has 0 bridgehead atoms. The molecular formula is C10H20O4Si. The Morgan fingerprint density at radius 2 is 2.13 bits per heavy atom. The molecule has 0 radical (unpaired) electrons. The summed E-state index contributed by atoms with van der Waals surface area (Å²) in [7, 11) is 1.73. The van der Waals surface area contributed by atoms with Crippen LogP contribution in [-0.2, 0) is 18.3 Å². The maximum atomic E-state index is 5.42. The highest BCUT2D eigenvalue weighted by Gasteiger charge is 2.22. The molecule has 4 nitrogen and oxygen atoms in total. The minimum absolute atomic E-state index is 0.355. The summed E-state index contributed by atoms with van der Waals surface area (Å²) in [5.41, 5.74) is 0. The topological polar surface area (TPSA) is 40.2 Å². The van der Waals surface area contributed by atoms with Gasteiger partial charge in [-0.05, 0) is 18.0 Å². The average molecular weight is 232 g/mol. The molecule has 0 N–H and O–H groups in total. The summed E-state index contributed by atoms with van der Waals surface area (Å²) in [6.45, 7) is 6.31. The predicted molar refractivity (Wildman–Crippen MR) is 60.1 cm³/mol. The molecule has 1 aliphatic heterocycles. The molecule has 1 aliphatic rings. The van der Waals surface area contributed by atoms with Crippen LogP contribution in [0.15, 0.2) is 11.8 Å². The van der Waals surface area contributed by atoms with Crippen LogP contribution in [0.1, 0.15) is 12.8 Å². The molecule has 88 valence electrons. The number of ether oxygens (including phenoxy) is 2. The normalized spacial score (nSPS) is 19.5. The van der Waals surface area contributed by atoms with Crippen molar-refractivity contribution in [2.45, 2.75) is 18.9 Å². The van der Waals surface area contributed by atoms with E-state index >= 15 is 0 Å². The van der Waals surface area contributed by atoms with Gasteiger partial charge in [0.1, 0.15) is 6.10 Å². The third-order valence-corrected chi connectivity index (χ3v) is 4.07. The van der Waals surface area contributed by atoms with Gasteiger partial charge < -0.3 is 18.3 Å². The van der Waals surface area contributed by atoms with Gasteiger partial charge in [-0.25, -0.2) is 0 Å². The highest BCUT2D eigenvalue weighted by atomic mass is 28.3. The van der Waals surface area contributed by atoms with Crippen LogP contribution in [-0.4, -0.2) is 49.4 Å². The molecule has 1 fully saturated rings. The van der Waals surface area contributed by atoms with Gasteiger partial charge in [0, 0.05) is 20.8 Å². The monoisotopic (exact) mass is 232 g/mol. The van der Waals surface area contributed by atoms with Crippen LogP contribution in [0.25, 0.3) is 0 Å². The van der Waals surface area contributed by atoms with Crippen molar-refractivity contribution >= 4 is 9.28 Å². The summed E-state index contributed by atoms with van der Waals surface area (Å²) >= 11 is 0. The molecular weight excluding hydrogens is 212 g/mol. The fourth-order valence-electron chi connectivity index (χ4n) is 1.33. The summed E-state index contributed by atoms with van der Waals surface area (Å²) in [6.07, 6.45) is 2.25. The van der Waals surface area contributed by atoms with Crippen LogP contribution in [0.5, 0.6) is 0 Å². The Labute approximate surface area is 93.0 Å². The van der Waals surface area contributed by atoms with Crippen molar-refractivity contribution in [3.05, 3.63) is 11.8 Å². The Morgan fingerprint density at radius 1 is 1.47 bits per heavy atom. The third-order valence-electron chi connectivity index (χ3n) is 2.25. The molecule has 5 heteroatoms. The highest BCUT2D eigenvalue weighted by molar-refractivity contribution is 6.53. The minimum Gasteiger partial charge on any atom is -0.397 e. The summed E-state index contributed by atoms with van der Waals surface area (Å²) < 4.78 is 20.9. The van der Waals surface area contributed by atoms with Gasteiger partial charge in [-0.1, -0.05) is 6.58 Å². The second-order valence-electron chi connectivity index (χ2n) is 3.60. The van der Waals surface area contributed by atoms with Gasteiger partial charge in [0.2, 0.25) is 0 Å². The van der Waals surface area contributed by atoms with Crippen LogP contribution >= 0.6 is 0 Å². The van der Waals surface area contributed by atoms with Crippen molar-refractivity contribution in [3.63, 3.8) is 0 Å². The van der Waals surface area contributed by atoms with E-state index in [1.165, 1.54) is 0 Å². The molecule has 0 amide bonds. The first-order valence-electron chi connectivity index (χ1n) is 5.20. The second-order valence-corrected chi connectivity index (χ2v) is 6.02. The number of hydrogen-bond donors (Lipinski definition) is 0. The van der Waals surface area contributed by atoms with E-state index in [4.69, 9.17) is 18.3 Å². The highest BCUT2D eigenvalue weighted by Crippen LogP contribution is 2.11. The van der Waals surface area contributed by atoms with Gasteiger partial charge in [0.25, 0.3) is 0 Å². The Hall–Kier alpha value is -0.203. The Kier molecular flexibility index (Phi) is 6.12. The van der Waals surface area contributed by atoms with Crippen LogP contribution in [0, 0.1) is 0 Å². The quantitative estimate of drug-likeness (QED) is 0.335. The van der Waals surface area contributed by atoms with E-state index in [0.29, 0.717) is 6.10 Å². The van der Waals surface area contributed by atoms with E-state index in [1.807, 2.05) is 0 Å². The van der Waals surface area contributed by atoms with Gasteiger partial charge >= 0.3 is 9.28 Å². The third kappa shape index (κ3) is 5.43. The van der Waals surface area contributed by atoms with Crippen molar-refractivity contribution in [1.82, 2.24) is 0 Å². The average Bonchev–Trinajstić information content (AvgIpc) is 3.03. The van der Waals surface area contributed by atoms with Crippen LogP contribution in [0.3, 0.4) is 0 Å². The first-order chi connectivity index (χ1) is 7.27. The maximum Gasteiger partial charge on any atom is 0.350 e. The number of hydrogen-bond acceptors (Lipinski definition) is 4. The van der Waals surface area contributed by atoms with E-state index < -0.39 is 9.28 Å².